The van der Waals surface area contributed by atoms with Gasteiger partial charge in [0.2, 0.25) is 0 Å². The lowest BCUT2D eigenvalue weighted by atomic mass is 9.90. The minimum atomic E-state index is 0.907. The third-order valence-electron chi connectivity index (χ3n) is 6.40. The van der Waals surface area contributed by atoms with Crippen molar-refractivity contribution in [2.24, 2.45) is 0 Å². The molecule has 1 aliphatic rings. The van der Waals surface area contributed by atoms with Crippen molar-refractivity contribution in [1.82, 2.24) is 0 Å². The molecule has 2 heteroatoms. The van der Waals surface area contributed by atoms with Crippen molar-refractivity contribution < 1.29 is 0 Å². The highest BCUT2D eigenvalue weighted by atomic mass is 15.1. The van der Waals surface area contributed by atoms with Gasteiger partial charge in [-0.3, -0.25) is 0 Å². The number of nitrogens with zero attached hydrogens (tertiary/aromatic N) is 1. The number of anilines is 2. The molecular weight excluding hydrogens is 400 g/mol. The Morgan fingerprint density at radius 1 is 0.667 bits per heavy atom. The van der Waals surface area contributed by atoms with Crippen LogP contribution in [0.4, 0.5) is 11.4 Å². The fourth-order valence-electron chi connectivity index (χ4n) is 4.68. The fraction of sp³-hybridized carbons (Fsp3) is 0.129. The summed E-state index contributed by atoms with van der Waals surface area (Å²) < 4.78 is 0. The highest BCUT2D eigenvalue weighted by Gasteiger charge is 2.19. The quantitative estimate of drug-likeness (QED) is 0.312. The number of benzene rings is 4. The largest absolute Gasteiger partial charge is 0.316 e. The van der Waals surface area contributed by atoms with E-state index in [0.29, 0.717) is 0 Å². The lowest BCUT2D eigenvalue weighted by Crippen LogP contribution is -2.15. The number of fused-ring (bicyclic) bond motifs is 1. The topological polar surface area (TPSA) is 27.1 Å². The SMILES string of the molecule is N=Cc1ccc(N(C=C(c2ccccc2)c2ccccc2)c2cccc3c2CCCC3)cc1. The van der Waals surface area contributed by atoms with Gasteiger partial charge in [0.25, 0.3) is 0 Å². The van der Waals surface area contributed by atoms with Gasteiger partial charge in [-0.25, -0.2) is 0 Å². The average molecular weight is 429 g/mol. The fourth-order valence-corrected chi connectivity index (χ4v) is 4.68. The third-order valence-corrected chi connectivity index (χ3v) is 6.40. The number of hydrogen-bond donors (Lipinski definition) is 1. The van der Waals surface area contributed by atoms with Gasteiger partial charge in [0.1, 0.15) is 0 Å². The summed E-state index contributed by atoms with van der Waals surface area (Å²) in [6.45, 7) is 0. The number of aryl methyl sites for hydroxylation is 1. The van der Waals surface area contributed by atoms with Gasteiger partial charge in [-0.1, -0.05) is 84.9 Å². The molecule has 2 nitrogen and oxygen atoms in total. The predicted octanol–water partition coefficient (Wildman–Crippen LogP) is 7.79. The van der Waals surface area contributed by atoms with E-state index in [9.17, 15) is 0 Å². The molecule has 0 fully saturated rings. The molecule has 0 radical (unpaired) electrons. The van der Waals surface area contributed by atoms with Crippen molar-refractivity contribution in [2.45, 2.75) is 25.7 Å². The second-order valence-corrected chi connectivity index (χ2v) is 8.50. The Morgan fingerprint density at radius 3 is 1.94 bits per heavy atom. The van der Waals surface area contributed by atoms with Crippen LogP contribution in [0.25, 0.3) is 5.57 Å². The van der Waals surface area contributed by atoms with E-state index in [1.54, 1.807) is 0 Å². The summed E-state index contributed by atoms with van der Waals surface area (Å²) in [5.74, 6) is 0. The van der Waals surface area contributed by atoms with E-state index in [0.717, 1.165) is 24.1 Å². The maximum Gasteiger partial charge on any atom is 0.0490 e. The summed E-state index contributed by atoms with van der Waals surface area (Å²) >= 11 is 0. The van der Waals surface area contributed by atoms with Gasteiger partial charge in [0, 0.05) is 29.4 Å². The van der Waals surface area contributed by atoms with Crippen LogP contribution in [0.15, 0.2) is 109 Å². The standard InChI is InChI=1S/C31H28N2/c32-22-24-18-20-28(21-19-24)33(31-17-9-15-25-14-7-8-16-29(25)31)23-30(26-10-3-1-4-11-26)27-12-5-2-6-13-27/h1-6,9-13,15,17-23,32H,7-8,14,16H2. The van der Waals surface area contributed by atoms with Crippen LogP contribution >= 0.6 is 0 Å². The number of rotatable bonds is 6. The van der Waals surface area contributed by atoms with Crippen LogP contribution in [0.2, 0.25) is 0 Å². The average Bonchev–Trinajstić information content (AvgIpc) is 2.90. The van der Waals surface area contributed by atoms with Crippen molar-refractivity contribution in [3.8, 4) is 0 Å². The lowest BCUT2D eigenvalue weighted by molar-refractivity contribution is 0.685. The summed E-state index contributed by atoms with van der Waals surface area (Å²) in [6.07, 6.45) is 8.44. The van der Waals surface area contributed by atoms with Crippen molar-refractivity contribution in [3.05, 3.63) is 137 Å². The Hall–Kier alpha value is -3.91. The summed E-state index contributed by atoms with van der Waals surface area (Å²) in [6, 6.07) is 36.2. The molecule has 0 aliphatic heterocycles. The Morgan fingerprint density at radius 2 is 1.30 bits per heavy atom. The molecule has 5 rings (SSSR count). The smallest absolute Gasteiger partial charge is 0.0490 e. The summed E-state index contributed by atoms with van der Waals surface area (Å²) in [4.78, 5) is 2.34. The molecular formula is C31H28N2. The second-order valence-electron chi connectivity index (χ2n) is 8.50. The Kier molecular flexibility index (Phi) is 6.16. The number of nitrogens with one attached hydrogen (secondary N) is 1. The summed E-state index contributed by atoms with van der Waals surface area (Å²) in [5, 5.41) is 7.60. The minimum absolute atomic E-state index is 0.907. The Balaban J connectivity index is 1.72. The molecule has 33 heavy (non-hydrogen) atoms. The molecule has 0 saturated heterocycles. The summed E-state index contributed by atoms with van der Waals surface area (Å²) in [7, 11) is 0. The second kappa shape index (κ2) is 9.70. The van der Waals surface area contributed by atoms with Crippen LogP contribution in [0.1, 0.15) is 40.7 Å². The van der Waals surface area contributed by atoms with Crippen molar-refractivity contribution in [1.29, 1.82) is 5.41 Å². The van der Waals surface area contributed by atoms with E-state index < -0.39 is 0 Å². The van der Waals surface area contributed by atoms with Gasteiger partial charge in [-0.2, -0.15) is 0 Å². The van der Waals surface area contributed by atoms with Gasteiger partial charge in [-0.05, 0) is 71.7 Å². The first-order chi connectivity index (χ1) is 16.3. The van der Waals surface area contributed by atoms with E-state index >= 15 is 0 Å². The van der Waals surface area contributed by atoms with Crippen molar-refractivity contribution >= 4 is 23.2 Å². The molecule has 0 aromatic heterocycles. The Bertz CT molecular complexity index is 1210. The molecule has 1 aliphatic carbocycles. The van der Waals surface area contributed by atoms with Gasteiger partial charge in [0.05, 0.1) is 0 Å². The minimum Gasteiger partial charge on any atom is -0.316 e. The molecule has 162 valence electrons. The molecule has 0 saturated carbocycles. The normalized spacial score (nSPS) is 12.5. The molecule has 4 aromatic carbocycles. The van der Waals surface area contributed by atoms with Gasteiger partial charge >= 0.3 is 0 Å². The maximum absolute atomic E-state index is 7.60. The van der Waals surface area contributed by atoms with E-state index in [1.165, 1.54) is 52.6 Å². The zero-order chi connectivity index (χ0) is 22.5. The number of hydrogen-bond acceptors (Lipinski definition) is 2. The molecule has 0 bridgehead atoms. The van der Waals surface area contributed by atoms with Gasteiger partial charge in [0.15, 0.2) is 0 Å². The molecule has 0 heterocycles. The van der Waals surface area contributed by atoms with Crippen LogP contribution < -0.4 is 4.90 Å². The molecule has 0 unspecified atom stereocenters. The van der Waals surface area contributed by atoms with E-state index in [2.05, 4.69) is 102 Å². The lowest BCUT2D eigenvalue weighted by Gasteiger charge is -2.28. The highest BCUT2D eigenvalue weighted by Crippen LogP contribution is 2.37. The zero-order valence-electron chi connectivity index (χ0n) is 18.7. The van der Waals surface area contributed by atoms with Gasteiger partial charge < -0.3 is 10.3 Å². The van der Waals surface area contributed by atoms with E-state index in [-0.39, 0.29) is 0 Å². The van der Waals surface area contributed by atoms with Gasteiger partial charge in [-0.15, -0.1) is 0 Å². The first-order valence-corrected chi connectivity index (χ1v) is 11.7. The van der Waals surface area contributed by atoms with Crippen LogP contribution in [-0.2, 0) is 12.8 Å². The van der Waals surface area contributed by atoms with Crippen LogP contribution in [0, 0.1) is 5.41 Å². The monoisotopic (exact) mass is 428 g/mol. The maximum atomic E-state index is 7.60. The van der Waals surface area contributed by atoms with Crippen LogP contribution in [0.5, 0.6) is 0 Å². The predicted molar refractivity (Wildman–Crippen MR) is 140 cm³/mol. The molecule has 4 aromatic rings. The molecule has 1 N–H and O–H groups in total. The molecule has 0 spiro atoms. The first-order valence-electron chi connectivity index (χ1n) is 11.7. The van der Waals surface area contributed by atoms with Crippen molar-refractivity contribution in [2.75, 3.05) is 4.90 Å². The molecule has 0 amide bonds. The third kappa shape index (κ3) is 4.51. The van der Waals surface area contributed by atoms with E-state index in [4.69, 9.17) is 5.41 Å². The highest BCUT2D eigenvalue weighted by molar-refractivity contribution is 5.85. The van der Waals surface area contributed by atoms with E-state index in [1.807, 2.05) is 12.1 Å². The molecule has 0 atom stereocenters. The Labute approximate surface area is 196 Å². The first kappa shape index (κ1) is 21.0. The zero-order valence-corrected chi connectivity index (χ0v) is 18.7. The van der Waals surface area contributed by atoms with Crippen molar-refractivity contribution in [3.63, 3.8) is 0 Å². The van der Waals surface area contributed by atoms with Crippen LogP contribution in [-0.4, -0.2) is 6.21 Å². The van der Waals surface area contributed by atoms with Crippen LogP contribution in [0.3, 0.4) is 0 Å². The summed E-state index contributed by atoms with van der Waals surface area (Å²) in [5.41, 5.74) is 9.74.